The van der Waals surface area contributed by atoms with Gasteiger partial charge >= 0.3 is 0 Å². The first kappa shape index (κ1) is 18.2. The van der Waals surface area contributed by atoms with E-state index in [4.69, 9.17) is 0 Å². The zero-order valence-corrected chi connectivity index (χ0v) is 15.1. The zero-order valence-electron chi connectivity index (χ0n) is 14.3. The monoisotopic (exact) mass is 346 g/mol. The first-order valence-corrected chi connectivity index (χ1v) is 9.03. The molecule has 0 aliphatic rings. The predicted molar refractivity (Wildman–Crippen MR) is 95.6 cm³/mol. The quantitative estimate of drug-likeness (QED) is 0.905. The summed E-state index contributed by atoms with van der Waals surface area (Å²) in [6, 6.07) is 12.1. The van der Waals surface area contributed by atoms with Gasteiger partial charge < -0.3 is 5.32 Å². The van der Waals surface area contributed by atoms with Crippen molar-refractivity contribution in [2.45, 2.75) is 25.2 Å². The molecule has 24 heavy (non-hydrogen) atoms. The van der Waals surface area contributed by atoms with E-state index >= 15 is 0 Å². The highest BCUT2D eigenvalue weighted by Crippen LogP contribution is 2.17. The molecule has 128 valence electrons. The Morgan fingerprint density at radius 3 is 2.17 bits per heavy atom. The Hall–Kier alpha value is -2.18. The van der Waals surface area contributed by atoms with Crippen molar-refractivity contribution in [2.75, 3.05) is 19.4 Å². The lowest BCUT2D eigenvalue weighted by Gasteiger charge is -2.12. The van der Waals surface area contributed by atoms with Crippen LogP contribution < -0.4 is 5.32 Å². The number of sulfonamides is 1. The maximum absolute atomic E-state index is 12.1. The molecule has 0 heterocycles. The molecule has 2 aromatic carbocycles. The van der Waals surface area contributed by atoms with E-state index in [1.165, 1.54) is 31.8 Å². The van der Waals surface area contributed by atoms with Crippen LogP contribution >= 0.6 is 0 Å². The SMILES string of the molecule is Cc1ccc(CC(=O)Nc2ccc(S(=O)(=O)N(C)C)cc2)cc1C. The Morgan fingerprint density at radius 1 is 1.00 bits per heavy atom. The van der Waals surface area contributed by atoms with E-state index in [2.05, 4.69) is 5.32 Å². The fraction of sp³-hybridized carbons (Fsp3) is 0.278. The second-order valence-corrected chi connectivity index (χ2v) is 8.11. The molecule has 1 amide bonds. The molecule has 1 N–H and O–H groups in total. The summed E-state index contributed by atoms with van der Waals surface area (Å²) in [6.45, 7) is 4.04. The number of hydrogen-bond donors (Lipinski definition) is 1. The van der Waals surface area contributed by atoms with Crippen LogP contribution in [0.2, 0.25) is 0 Å². The third kappa shape index (κ3) is 4.21. The van der Waals surface area contributed by atoms with E-state index in [0.717, 1.165) is 15.4 Å². The Labute approximate surface area is 143 Å². The topological polar surface area (TPSA) is 66.5 Å². The van der Waals surface area contributed by atoms with Crippen LogP contribution in [0.15, 0.2) is 47.4 Å². The maximum atomic E-state index is 12.1. The molecule has 0 unspecified atom stereocenters. The van der Waals surface area contributed by atoms with Gasteiger partial charge in [-0.25, -0.2) is 12.7 Å². The van der Waals surface area contributed by atoms with Crippen LogP contribution in [0.3, 0.4) is 0 Å². The number of carbonyl (C=O) groups is 1. The standard InChI is InChI=1S/C18H22N2O3S/c1-13-5-6-15(11-14(13)2)12-18(21)19-16-7-9-17(10-8-16)24(22,23)20(3)4/h5-11H,12H2,1-4H3,(H,19,21). The number of rotatable bonds is 5. The van der Waals surface area contributed by atoms with Gasteiger partial charge in [0.2, 0.25) is 15.9 Å². The normalized spacial score (nSPS) is 11.5. The van der Waals surface area contributed by atoms with Crippen molar-refractivity contribution in [2.24, 2.45) is 0 Å². The Balaban J connectivity index is 2.05. The minimum atomic E-state index is -3.46. The summed E-state index contributed by atoms with van der Waals surface area (Å²) in [7, 11) is -0.497. The van der Waals surface area contributed by atoms with Gasteiger partial charge in [-0.1, -0.05) is 18.2 Å². The van der Waals surface area contributed by atoms with E-state index in [1.54, 1.807) is 12.1 Å². The van der Waals surface area contributed by atoms with E-state index in [1.807, 2.05) is 32.0 Å². The Bertz CT molecular complexity index is 841. The van der Waals surface area contributed by atoms with Gasteiger partial charge in [0.1, 0.15) is 0 Å². The summed E-state index contributed by atoms with van der Waals surface area (Å²) in [5, 5.41) is 2.79. The number of nitrogens with one attached hydrogen (secondary N) is 1. The number of nitrogens with zero attached hydrogens (tertiary/aromatic N) is 1. The predicted octanol–water partition coefficient (Wildman–Crippen LogP) is 2.73. The fourth-order valence-corrected chi connectivity index (χ4v) is 3.13. The Morgan fingerprint density at radius 2 is 1.62 bits per heavy atom. The number of hydrogen-bond acceptors (Lipinski definition) is 3. The lowest BCUT2D eigenvalue weighted by molar-refractivity contribution is -0.115. The minimum Gasteiger partial charge on any atom is -0.326 e. The molecule has 0 aromatic heterocycles. The Kier molecular flexibility index (Phi) is 5.41. The molecule has 0 saturated heterocycles. The van der Waals surface area contributed by atoms with Gasteiger partial charge in [0.05, 0.1) is 11.3 Å². The molecule has 2 aromatic rings. The van der Waals surface area contributed by atoms with Crippen molar-refractivity contribution in [3.63, 3.8) is 0 Å². The van der Waals surface area contributed by atoms with E-state index in [0.29, 0.717) is 5.69 Å². The molecule has 0 radical (unpaired) electrons. The highest BCUT2D eigenvalue weighted by molar-refractivity contribution is 7.89. The number of anilines is 1. The second kappa shape index (κ2) is 7.15. The molecule has 0 atom stereocenters. The smallest absolute Gasteiger partial charge is 0.242 e. The second-order valence-electron chi connectivity index (χ2n) is 5.96. The van der Waals surface area contributed by atoms with Gasteiger partial charge in [-0.3, -0.25) is 4.79 Å². The van der Waals surface area contributed by atoms with Gasteiger partial charge in [0.15, 0.2) is 0 Å². The molecule has 5 nitrogen and oxygen atoms in total. The average Bonchev–Trinajstić information content (AvgIpc) is 2.51. The molecule has 0 aliphatic heterocycles. The van der Waals surface area contributed by atoms with Crippen molar-refractivity contribution in [1.29, 1.82) is 0 Å². The summed E-state index contributed by atoms with van der Waals surface area (Å²) < 4.78 is 25.2. The molecule has 0 fully saturated rings. The highest BCUT2D eigenvalue weighted by atomic mass is 32.2. The molecule has 0 aliphatic carbocycles. The van der Waals surface area contributed by atoms with Crippen LogP contribution in [-0.4, -0.2) is 32.7 Å². The fourth-order valence-electron chi connectivity index (χ4n) is 2.23. The van der Waals surface area contributed by atoms with Crippen LogP contribution in [0.4, 0.5) is 5.69 Å². The lowest BCUT2D eigenvalue weighted by Crippen LogP contribution is -2.22. The van der Waals surface area contributed by atoms with Crippen LogP contribution in [-0.2, 0) is 21.2 Å². The van der Waals surface area contributed by atoms with Crippen molar-refractivity contribution in [1.82, 2.24) is 4.31 Å². The number of amides is 1. The van der Waals surface area contributed by atoms with Crippen molar-refractivity contribution in [3.05, 3.63) is 59.2 Å². The summed E-state index contributed by atoms with van der Waals surface area (Å²) in [5.74, 6) is -0.138. The number of aryl methyl sites for hydroxylation is 2. The molecule has 0 spiro atoms. The van der Waals surface area contributed by atoms with Gasteiger partial charge in [0, 0.05) is 19.8 Å². The third-order valence-corrected chi connectivity index (χ3v) is 5.68. The highest BCUT2D eigenvalue weighted by Gasteiger charge is 2.16. The molecule has 0 bridgehead atoms. The lowest BCUT2D eigenvalue weighted by atomic mass is 10.0. The molecular formula is C18H22N2O3S. The first-order valence-electron chi connectivity index (χ1n) is 7.59. The van der Waals surface area contributed by atoms with Crippen LogP contribution in [0.1, 0.15) is 16.7 Å². The van der Waals surface area contributed by atoms with Gasteiger partial charge in [-0.15, -0.1) is 0 Å². The van der Waals surface area contributed by atoms with Crippen LogP contribution in [0, 0.1) is 13.8 Å². The molecule has 0 saturated carbocycles. The number of benzene rings is 2. The van der Waals surface area contributed by atoms with E-state index in [-0.39, 0.29) is 17.2 Å². The van der Waals surface area contributed by atoms with Crippen molar-refractivity contribution >= 4 is 21.6 Å². The first-order chi connectivity index (χ1) is 11.2. The summed E-state index contributed by atoms with van der Waals surface area (Å²) in [4.78, 5) is 12.3. The summed E-state index contributed by atoms with van der Waals surface area (Å²) in [6.07, 6.45) is 0.277. The van der Waals surface area contributed by atoms with E-state index in [9.17, 15) is 13.2 Å². The maximum Gasteiger partial charge on any atom is 0.242 e. The summed E-state index contributed by atoms with van der Waals surface area (Å²) in [5.41, 5.74) is 3.86. The summed E-state index contributed by atoms with van der Waals surface area (Å²) >= 11 is 0. The van der Waals surface area contributed by atoms with E-state index < -0.39 is 10.0 Å². The average molecular weight is 346 g/mol. The molecule has 2 rings (SSSR count). The van der Waals surface area contributed by atoms with Crippen LogP contribution in [0.25, 0.3) is 0 Å². The van der Waals surface area contributed by atoms with Gasteiger partial charge in [-0.05, 0) is 54.8 Å². The van der Waals surface area contributed by atoms with Crippen molar-refractivity contribution < 1.29 is 13.2 Å². The minimum absolute atomic E-state index is 0.138. The van der Waals surface area contributed by atoms with Crippen molar-refractivity contribution in [3.8, 4) is 0 Å². The molecular weight excluding hydrogens is 324 g/mol. The molecule has 6 heteroatoms. The zero-order chi connectivity index (χ0) is 17.9. The number of carbonyl (C=O) groups excluding carboxylic acids is 1. The van der Waals surface area contributed by atoms with Gasteiger partial charge in [-0.2, -0.15) is 0 Å². The van der Waals surface area contributed by atoms with Crippen LogP contribution in [0.5, 0.6) is 0 Å². The largest absolute Gasteiger partial charge is 0.326 e. The van der Waals surface area contributed by atoms with Gasteiger partial charge in [0.25, 0.3) is 0 Å². The third-order valence-electron chi connectivity index (χ3n) is 3.85.